The molecule has 0 saturated heterocycles. The molecule has 0 bridgehead atoms. The van der Waals surface area contributed by atoms with Crippen molar-refractivity contribution >= 4 is 28.3 Å². The number of benzene rings is 1. The lowest BCUT2D eigenvalue weighted by atomic mass is 10.0. The van der Waals surface area contributed by atoms with E-state index in [9.17, 15) is 13.2 Å². The molecule has 0 heterocycles. The maximum atomic E-state index is 12.5. The van der Waals surface area contributed by atoms with Crippen molar-refractivity contribution in [2.24, 2.45) is 11.7 Å². The van der Waals surface area contributed by atoms with Crippen LogP contribution in [-0.4, -0.2) is 44.9 Å². The summed E-state index contributed by atoms with van der Waals surface area (Å²) in [7, 11) is -1.85. The number of hydrogen-bond donors (Lipinski definition) is 2. The van der Waals surface area contributed by atoms with E-state index in [1.165, 1.54) is 12.1 Å². The molecule has 0 radical (unpaired) electrons. The molecule has 1 fully saturated rings. The Kier molecular flexibility index (Phi) is 7.87. The molecule has 0 aromatic heterocycles. The van der Waals surface area contributed by atoms with Gasteiger partial charge in [-0.1, -0.05) is 19.9 Å². The van der Waals surface area contributed by atoms with Gasteiger partial charge in [0.1, 0.15) is 0 Å². The molecule has 6 nitrogen and oxygen atoms in total. The van der Waals surface area contributed by atoms with Gasteiger partial charge in [0.2, 0.25) is 10.0 Å². The van der Waals surface area contributed by atoms with Crippen LogP contribution >= 0.6 is 12.4 Å². The molecule has 1 aliphatic rings. The van der Waals surface area contributed by atoms with Gasteiger partial charge < -0.3 is 10.6 Å². The first-order valence-electron chi connectivity index (χ1n) is 8.34. The summed E-state index contributed by atoms with van der Waals surface area (Å²) in [5.41, 5.74) is 6.38. The normalized spacial score (nSPS) is 15.6. The van der Waals surface area contributed by atoms with Gasteiger partial charge in [0.05, 0.1) is 4.90 Å². The van der Waals surface area contributed by atoms with Gasteiger partial charge in [0.15, 0.2) is 0 Å². The molecule has 1 aliphatic carbocycles. The lowest BCUT2D eigenvalue weighted by molar-refractivity contribution is 0.0789. The standard InChI is InChI=1S/C17H27N3O3S.ClH/c1-12(2)16(18)9-10-20(3)17(21)13-5-4-6-15(11-13)24(22,23)19-14-7-8-14;/h4-6,11-12,14,16,19H,7-10,18H2,1-3H3;1H. The number of carbonyl (C=O) groups is 1. The number of nitrogens with two attached hydrogens (primary N) is 1. The van der Waals surface area contributed by atoms with Crippen LogP contribution in [0, 0.1) is 5.92 Å². The largest absolute Gasteiger partial charge is 0.342 e. The molecule has 1 amide bonds. The number of hydrogen-bond acceptors (Lipinski definition) is 4. The highest BCUT2D eigenvalue weighted by molar-refractivity contribution is 7.89. The van der Waals surface area contributed by atoms with Gasteiger partial charge >= 0.3 is 0 Å². The van der Waals surface area contributed by atoms with E-state index in [0.717, 1.165) is 12.8 Å². The van der Waals surface area contributed by atoms with Crippen molar-refractivity contribution in [3.8, 4) is 0 Å². The highest BCUT2D eigenvalue weighted by Crippen LogP contribution is 2.22. The second-order valence-corrected chi connectivity index (χ2v) is 8.56. The molecule has 1 unspecified atom stereocenters. The predicted octanol–water partition coefficient (Wildman–Crippen LogP) is 1.99. The summed E-state index contributed by atoms with van der Waals surface area (Å²) in [6.45, 7) is 4.64. The van der Waals surface area contributed by atoms with Crippen LogP contribution < -0.4 is 10.5 Å². The molecule has 2 rings (SSSR count). The van der Waals surface area contributed by atoms with Crippen LogP contribution in [0.3, 0.4) is 0 Å². The van der Waals surface area contributed by atoms with Gasteiger partial charge in [0, 0.05) is 31.2 Å². The van der Waals surface area contributed by atoms with E-state index < -0.39 is 10.0 Å². The monoisotopic (exact) mass is 389 g/mol. The third-order valence-corrected chi connectivity index (χ3v) is 5.81. The van der Waals surface area contributed by atoms with Gasteiger partial charge in [-0.3, -0.25) is 4.79 Å². The van der Waals surface area contributed by atoms with Crippen molar-refractivity contribution in [3.63, 3.8) is 0 Å². The Morgan fingerprint density at radius 1 is 1.36 bits per heavy atom. The number of halogens is 1. The van der Waals surface area contributed by atoms with E-state index in [1.54, 1.807) is 24.1 Å². The van der Waals surface area contributed by atoms with Gasteiger partial charge in [0.25, 0.3) is 5.91 Å². The lowest BCUT2D eigenvalue weighted by Crippen LogP contribution is -2.34. The molecular weight excluding hydrogens is 362 g/mol. The summed E-state index contributed by atoms with van der Waals surface area (Å²) in [5.74, 6) is 0.157. The molecule has 1 atom stereocenters. The molecule has 8 heteroatoms. The van der Waals surface area contributed by atoms with Crippen LogP contribution in [0.5, 0.6) is 0 Å². The van der Waals surface area contributed by atoms with Gasteiger partial charge in [-0.25, -0.2) is 13.1 Å². The number of amides is 1. The van der Waals surface area contributed by atoms with Crippen molar-refractivity contribution in [3.05, 3.63) is 29.8 Å². The van der Waals surface area contributed by atoms with Crippen molar-refractivity contribution in [1.29, 1.82) is 0 Å². The van der Waals surface area contributed by atoms with Gasteiger partial charge in [-0.05, 0) is 43.4 Å². The Labute approximate surface area is 156 Å². The van der Waals surface area contributed by atoms with Crippen molar-refractivity contribution < 1.29 is 13.2 Å². The average Bonchev–Trinajstić information content (AvgIpc) is 3.34. The van der Waals surface area contributed by atoms with E-state index in [2.05, 4.69) is 4.72 Å². The second-order valence-electron chi connectivity index (χ2n) is 6.85. The summed E-state index contributed by atoms with van der Waals surface area (Å²) in [4.78, 5) is 14.2. The molecular formula is C17H28ClN3O3S. The smallest absolute Gasteiger partial charge is 0.253 e. The lowest BCUT2D eigenvalue weighted by Gasteiger charge is -2.21. The minimum atomic E-state index is -3.56. The predicted molar refractivity (Wildman–Crippen MR) is 101 cm³/mol. The van der Waals surface area contributed by atoms with E-state index in [4.69, 9.17) is 5.73 Å². The fourth-order valence-electron chi connectivity index (χ4n) is 2.28. The van der Waals surface area contributed by atoms with Crippen LogP contribution in [0.1, 0.15) is 43.5 Å². The number of nitrogens with zero attached hydrogens (tertiary/aromatic N) is 1. The number of carbonyl (C=O) groups excluding carboxylic acids is 1. The van der Waals surface area contributed by atoms with Crippen LogP contribution in [-0.2, 0) is 10.0 Å². The molecule has 1 saturated carbocycles. The SMILES string of the molecule is CC(C)C(N)CCN(C)C(=O)c1cccc(S(=O)(=O)NC2CC2)c1.Cl. The Bertz CT molecular complexity index is 690. The molecule has 1 aromatic carbocycles. The Morgan fingerprint density at radius 2 is 2.00 bits per heavy atom. The maximum Gasteiger partial charge on any atom is 0.253 e. The first-order valence-corrected chi connectivity index (χ1v) is 9.82. The first kappa shape index (κ1) is 21.9. The van der Waals surface area contributed by atoms with Crippen molar-refractivity contribution in [2.45, 2.75) is 50.1 Å². The molecule has 25 heavy (non-hydrogen) atoms. The fourth-order valence-corrected chi connectivity index (χ4v) is 3.63. The Balaban J connectivity index is 0.00000312. The second kappa shape index (κ2) is 8.98. The van der Waals surface area contributed by atoms with Crippen LogP contribution in [0.25, 0.3) is 0 Å². The Morgan fingerprint density at radius 3 is 2.56 bits per heavy atom. The molecule has 0 spiro atoms. The van der Waals surface area contributed by atoms with E-state index in [-0.39, 0.29) is 35.3 Å². The summed E-state index contributed by atoms with van der Waals surface area (Å²) in [5, 5.41) is 0. The number of sulfonamides is 1. The number of rotatable bonds is 8. The minimum absolute atomic E-state index is 0. The maximum absolute atomic E-state index is 12.5. The fraction of sp³-hybridized carbons (Fsp3) is 0.588. The third kappa shape index (κ3) is 6.26. The minimum Gasteiger partial charge on any atom is -0.342 e. The van der Waals surface area contributed by atoms with E-state index >= 15 is 0 Å². The highest BCUT2D eigenvalue weighted by Gasteiger charge is 2.28. The zero-order valence-corrected chi connectivity index (χ0v) is 16.6. The summed E-state index contributed by atoms with van der Waals surface area (Å²) in [6.07, 6.45) is 2.45. The molecule has 3 N–H and O–H groups in total. The summed E-state index contributed by atoms with van der Waals surface area (Å²) >= 11 is 0. The third-order valence-electron chi connectivity index (χ3n) is 4.29. The zero-order valence-electron chi connectivity index (χ0n) is 14.9. The number of nitrogens with one attached hydrogen (secondary N) is 1. The molecule has 1 aromatic rings. The summed E-state index contributed by atoms with van der Waals surface area (Å²) in [6, 6.07) is 6.26. The van der Waals surface area contributed by atoms with Gasteiger partial charge in [-0.2, -0.15) is 0 Å². The van der Waals surface area contributed by atoms with Crippen molar-refractivity contribution in [1.82, 2.24) is 9.62 Å². The van der Waals surface area contributed by atoms with Crippen LogP contribution in [0.15, 0.2) is 29.2 Å². The zero-order chi connectivity index (χ0) is 17.9. The van der Waals surface area contributed by atoms with Crippen LogP contribution in [0.4, 0.5) is 0 Å². The van der Waals surface area contributed by atoms with Gasteiger partial charge in [-0.15, -0.1) is 12.4 Å². The molecule has 142 valence electrons. The summed E-state index contributed by atoms with van der Waals surface area (Å²) < 4.78 is 27.2. The Hall–Kier alpha value is -1.15. The molecule has 0 aliphatic heterocycles. The van der Waals surface area contributed by atoms with Crippen molar-refractivity contribution in [2.75, 3.05) is 13.6 Å². The van der Waals surface area contributed by atoms with E-state index in [1.807, 2.05) is 13.8 Å². The van der Waals surface area contributed by atoms with Crippen LogP contribution in [0.2, 0.25) is 0 Å². The topological polar surface area (TPSA) is 92.5 Å². The van der Waals surface area contributed by atoms with E-state index in [0.29, 0.717) is 24.4 Å². The first-order chi connectivity index (χ1) is 11.2. The average molecular weight is 390 g/mol. The quantitative estimate of drug-likeness (QED) is 0.711. The highest BCUT2D eigenvalue weighted by atomic mass is 35.5.